The maximum Gasteiger partial charge on any atom is 0.246 e. The Labute approximate surface area is 180 Å². The smallest absolute Gasteiger partial charge is 0.246 e. The number of nitrogens with two attached hydrogens (primary N) is 1. The molecule has 0 radical (unpaired) electrons. The van der Waals surface area contributed by atoms with E-state index in [-0.39, 0.29) is 5.91 Å². The zero-order chi connectivity index (χ0) is 21.5. The van der Waals surface area contributed by atoms with Crippen molar-refractivity contribution in [2.75, 3.05) is 13.1 Å². The van der Waals surface area contributed by atoms with E-state index in [1.807, 2.05) is 18.7 Å². The van der Waals surface area contributed by atoms with Gasteiger partial charge in [-0.2, -0.15) is 0 Å². The van der Waals surface area contributed by atoms with Gasteiger partial charge in [-0.15, -0.1) is 0 Å². The van der Waals surface area contributed by atoms with Crippen LogP contribution < -0.4 is 5.73 Å². The lowest BCUT2D eigenvalue weighted by molar-refractivity contribution is -0.125. The van der Waals surface area contributed by atoms with E-state index in [1.165, 1.54) is 11.1 Å². The molecule has 1 fully saturated rings. The van der Waals surface area contributed by atoms with Gasteiger partial charge in [0.2, 0.25) is 5.91 Å². The van der Waals surface area contributed by atoms with E-state index < -0.39 is 0 Å². The SMILES string of the molecule is C=C(C)C(=C\N=C(N)CC)/C=C/C(=O)N1CC2C=C(C3=CCC/C=C/C=C3)CC2C1. The van der Waals surface area contributed by atoms with E-state index in [9.17, 15) is 4.79 Å². The van der Waals surface area contributed by atoms with Crippen molar-refractivity contribution in [3.8, 4) is 0 Å². The van der Waals surface area contributed by atoms with Crippen molar-refractivity contribution in [1.82, 2.24) is 4.90 Å². The number of fused-ring (bicyclic) bond motifs is 1. The van der Waals surface area contributed by atoms with Crippen LogP contribution in [0.2, 0.25) is 0 Å². The highest BCUT2D eigenvalue weighted by molar-refractivity contribution is 5.88. The maximum atomic E-state index is 12.7. The summed E-state index contributed by atoms with van der Waals surface area (Å²) < 4.78 is 0. The number of amidine groups is 1. The topological polar surface area (TPSA) is 58.7 Å². The predicted octanol–water partition coefficient (Wildman–Crippen LogP) is 5.01. The zero-order valence-corrected chi connectivity index (χ0v) is 18.2. The molecular weight excluding hydrogens is 370 g/mol. The second-order valence-electron chi connectivity index (χ2n) is 8.26. The van der Waals surface area contributed by atoms with Gasteiger partial charge in [0.1, 0.15) is 0 Å². The minimum Gasteiger partial charge on any atom is -0.387 e. The molecule has 0 bridgehead atoms. The van der Waals surface area contributed by atoms with E-state index in [2.05, 4.69) is 48.0 Å². The summed E-state index contributed by atoms with van der Waals surface area (Å²) in [6, 6.07) is 0. The molecule has 1 aliphatic heterocycles. The lowest BCUT2D eigenvalue weighted by Gasteiger charge is -2.16. The van der Waals surface area contributed by atoms with Gasteiger partial charge in [0.25, 0.3) is 0 Å². The first-order chi connectivity index (χ1) is 14.5. The van der Waals surface area contributed by atoms with Crippen LogP contribution in [-0.2, 0) is 4.79 Å². The molecule has 158 valence electrons. The minimum absolute atomic E-state index is 0.0501. The third kappa shape index (κ3) is 5.59. The van der Waals surface area contributed by atoms with Gasteiger partial charge >= 0.3 is 0 Å². The van der Waals surface area contributed by atoms with E-state index in [1.54, 1.807) is 18.4 Å². The number of carbonyl (C=O) groups is 1. The van der Waals surface area contributed by atoms with E-state index in [0.29, 0.717) is 24.1 Å². The summed E-state index contributed by atoms with van der Waals surface area (Å²) in [5, 5.41) is 0. The molecule has 4 nitrogen and oxygen atoms in total. The second-order valence-corrected chi connectivity index (χ2v) is 8.26. The molecule has 1 saturated heterocycles. The van der Waals surface area contributed by atoms with Crippen LogP contribution in [0.15, 0.2) is 88.7 Å². The third-order valence-corrected chi connectivity index (χ3v) is 5.92. The lowest BCUT2D eigenvalue weighted by Crippen LogP contribution is -2.27. The molecule has 2 aliphatic carbocycles. The van der Waals surface area contributed by atoms with Crippen LogP contribution in [-0.4, -0.2) is 29.7 Å². The fourth-order valence-electron chi connectivity index (χ4n) is 4.09. The van der Waals surface area contributed by atoms with Crippen molar-refractivity contribution in [2.24, 2.45) is 22.6 Å². The summed E-state index contributed by atoms with van der Waals surface area (Å²) in [5.41, 5.74) is 10.2. The summed E-state index contributed by atoms with van der Waals surface area (Å²) in [7, 11) is 0. The maximum absolute atomic E-state index is 12.7. The predicted molar refractivity (Wildman–Crippen MR) is 126 cm³/mol. The molecule has 30 heavy (non-hydrogen) atoms. The number of carbonyl (C=O) groups excluding carboxylic acids is 1. The quantitative estimate of drug-likeness (QED) is 0.293. The van der Waals surface area contributed by atoms with E-state index >= 15 is 0 Å². The van der Waals surface area contributed by atoms with Crippen molar-refractivity contribution < 1.29 is 4.79 Å². The average molecular weight is 404 g/mol. The standard InChI is InChI=1S/C26H33N3O/c1-4-25(27)28-16-21(19(2)3)12-13-26(30)29-17-23-14-22(15-24(23)18-29)20-10-8-6-5-7-9-11-20/h5-6,8,10-14,16,23-24H,2,4,7,9,15,17-18H2,1,3H3,(H2,27,28)/b6-5+,10-8?,13-12+,20-11?,21-16-. The summed E-state index contributed by atoms with van der Waals surface area (Å²) >= 11 is 0. The largest absolute Gasteiger partial charge is 0.387 e. The molecule has 4 heteroatoms. The Morgan fingerprint density at radius 2 is 2.13 bits per heavy atom. The molecule has 0 spiro atoms. The zero-order valence-electron chi connectivity index (χ0n) is 18.2. The van der Waals surface area contributed by atoms with Crippen LogP contribution in [0, 0.1) is 11.8 Å². The highest BCUT2D eigenvalue weighted by atomic mass is 16.2. The molecule has 0 aromatic carbocycles. The van der Waals surface area contributed by atoms with Crippen LogP contribution in [0.5, 0.6) is 0 Å². The van der Waals surface area contributed by atoms with Gasteiger partial charge < -0.3 is 10.6 Å². The molecular formula is C26H33N3O. The van der Waals surface area contributed by atoms with Crippen LogP contribution in [0.25, 0.3) is 0 Å². The van der Waals surface area contributed by atoms with E-state index in [4.69, 9.17) is 5.73 Å². The molecule has 2 atom stereocenters. The fraction of sp³-hybridized carbons (Fsp3) is 0.385. The number of hydrogen-bond acceptors (Lipinski definition) is 2. The average Bonchev–Trinajstić information content (AvgIpc) is 3.26. The molecule has 0 aromatic rings. The number of amides is 1. The highest BCUT2D eigenvalue weighted by Gasteiger charge is 2.37. The molecule has 1 amide bonds. The first kappa shape index (κ1) is 21.8. The second kappa shape index (κ2) is 10.2. The Kier molecular flexibility index (Phi) is 7.45. The Hall–Kier alpha value is -2.88. The Morgan fingerprint density at radius 1 is 1.30 bits per heavy atom. The van der Waals surface area contributed by atoms with Gasteiger partial charge in [0.05, 0.1) is 5.84 Å². The van der Waals surface area contributed by atoms with Gasteiger partial charge in [-0.25, -0.2) is 4.99 Å². The molecule has 3 rings (SSSR count). The molecule has 1 heterocycles. The van der Waals surface area contributed by atoms with Gasteiger partial charge in [0.15, 0.2) is 0 Å². The number of aliphatic imine (C=N–C) groups is 1. The number of rotatable bonds is 6. The first-order valence-corrected chi connectivity index (χ1v) is 10.9. The molecule has 3 aliphatic rings. The van der Waals surface area contributed by atoms with Gasteiger partial charge in [-0.05, 0) is 66.4 Å². The normalized spacial score (nSPS) is 25.6. The first-order valence-electron chi connectivity index (χ1n) is 10.9. The number of allylic oxidation sites excluding steroid dienone is 10. The van der Waals surface area contributed by atoms with E-state index in [0.717, 1.165) is 43.5 Å². The Balaban J connectivity index is 1.63. The van der Waals surface area contributed by atoms with Crippen molar-refractivity contribution in [3.63, 3.8) is 0 Å². The molecule has 0 aromatic heterocycles. The van der Waals surface area contributed by atoms with Crippen molar-refractivity contribution >= 4 is 11.7 Å². The molecule has 2 unspecified atom stereocenters. The van der Waals surface area contributed by atoms with Gasteiger partial charge in [-0.3, -0.25) is 4.79 Å². The van der Waals surface area contributed by atoms with Crippen LogP contribution in [0.4, 0.5) is 0 Å². The summed E-state index contributed by atoms with van der Waals surface area (Å²) in [6.45, 7) is 9.44. The minimum atomic E-state index is 0.0501. The van der Waals surface area contributed by atoms with Crippen LogP contribution in [0.1, 0.15) is 39.5 Å². The van der Waals surface area contributed by atoms with Crippen LogP contribution >= 0.6 is 0 Å². The Morgan fingerprint density at radius 3 is 2.87 bits per heavy atom. The lowest BCUT2D eigenvalue weighted by atomic mass is 9.97. The number of likely N-dealkylation sites (tertiary alicyclic amines) is 1. The summed E-state index contributed by atoms with van der Waals surface area (Å²) in [6.07, 6.45) is 22.5. The number of nitrogens with zero attached hydrogens (tertiary/aromatic N) is 2. The monoisotopic (exact) mass is 403 g/mol. The van der Waals surface area contributed by atoms with Crippen molar-refractivity contribution in [1.29, 1.82) is 0 Å². The summed E-state index contributed by atoms with van der Waals surface area (Å²) in [5.74, 6) is 1.60. The molecule has 0 saturated carbocycles. The number of hydrogen-bond donors (Lipinski definition) is 1. The Bertz CT molecular complexity index is 895. The molecule has 2 N–H and O–H groups in total. The van der Waals surface area contributed by atoms with Gasteiger partial charge in [-0.1, -0.05) is 50.0 Å². The van der Waals surface area contributed by atoms with Crippen LogP contribution in [0.3, 0.4) is 0 Å². The fourth-order valence-corrected chi connectivity index (χ4v) is 4.09. The highest BCUT2D eigenvalue weighted by Crippen LogP contribution is 2.40. The summed E-state index contributed by atoms with van der Waals surface area (Å²) in [4.78, 5) is 18.9. The van der Waals surface area contributed by atoms with Gasteiger partial charge in [0, 0.05) is 31.8 Å². The van der Waals surface area contributed by atoms with Crippen molar-refractivity contribution in [3.05, 3.63) is 83.7 Å². The van der Waals surface area contributed by atoms with Crippen molar-refractivity contribution in [2.45, 2.75) is 39.5 Å². The third-order valence-electron chi connectivity index (χ3n) is 5.92.